The van der Waals surface area contributed by atoms with Gasteiger partial charge in [0.05, 0.1) is 0 Å². The monoisotopic (exact) mass is 319 g/mol. The first kappa shape index (κ1) is 18.3. The van der Waals surface area contributed by atoms with Gasteiger partial charge in [0.25, 0.3) is 0 Å². The number of likely N-dealkylation sites (tertiary alicyclic amines) is 1. The molecule has 0 aromatic heterocycles. The van der Waals surface area contributed by atoms with Crippen LogP contribution in [-0.2, 0) is 11.2 Å². The number of unbranched alkanes of at least 4 members (excludes halogenated alkanes) is 2. The smallest absolute Gasteiger partial charge is 0.119 e. The summed E-state index contributed by atoms with van der Waals surface area (Å²) >= 11 is 0. The Balaban J connectivity index is 1.66. The third-order valence-electron chi connectivity index (χ3n) is 4.63. The number of rotatable bonds is 10. The maximum absolute atomic E-state index is 5.97. The van der Waals surface area contributed by atoms with Crippen molar-refractivity contribution in [1.29, 1.82) is 0 Å². The van der Waals surface area contributed by atoms with E-state index >= 15 is 0 Å². The van der Waals surface area contributed by atoms with Crippen LogP contribution < -0.4 is 4.74 Å². The summed E-state index contributed by atoms with van der Waals surface area (Å²) in [5.41, 5.74) is 1.38. The van der Waals surface area contributed by atoms with Crippen LogP contribution in [0.15, 0.2) is 24.3 Å². The molecule has 23 heavy (non-hydrogen) atoms. The second kappa shape index (κ2) is 10.7. The number of hydrogen-bond donors (Lipinski definition) is 0. The van der Waals surface area contributed by atoms with Gasteiger partial charge in [-0.05, 0) is 62.3 Å². The SMILES string of the molecule is COCCCCCc1cccc(OCCN2CCCC(C)C2)c1. The Morgan fingerprint density at radius 2 is 2.09 bits per heavy atom. The highest BCUT2D eigenvalue weighted by molar-refractivity contribution is 5.28. The lowest BCUT2D eigenvalue weighted by Crippen LogP contribution is -2.37. The minimum Gasteiger partial charge on any atom is -0.492 e. The highest BCUT2D eigenvalue weighted by atomic mass is 16.5. The molecule has 1 atom stereocenters. The fourth-order valence-electron chi connectivity index (χ4n) is 3.33. The zero-order valence-electron chi connectivity index (χ0n) is 14.9. The molecular formula is C20H33NO2. The molecule has 0 saturated carbocycles. The van der Waals surface area contributed by atoms with Gasteiger partial charge >= 0.3 is 0 Å². The average molecular weight is 319 g/mol. The van der Waals surface area contributed by atoms with E-state index in [2.05, 4.69) is 36.1 Å². The quantitative estimate of drug-likeness (QED) is 0.605. The Bertz CT molecular complexity index is 435. The molecule has 1 unspecified atom stereocenters. The van der Waals surface area contributed by atoms with Crippen molar-refractivity contribution in [2.75, 3.05) is 40.0 Å². The molecular weight excluding hydrogens is 286 g/mol. The van der Waals surface area contributed by atoms with Crippen LogP contribution in [0.5, 0.6) is 5.75 Å². The first-order valence-electron chi connectivity index (χ1n) is 9.21. The van der Waals surface area contributed by atoms with E-state index < -0.39 is 0 Å². The zero-order chi connectivity index (χ0) is 16.3. The van der Waals surface area contributed by atoms with Gasteiger partial charge in [-0.1, -0.05) is 25.5 Å². The van der Waals surface area contributed by atoms with Gasteiger partial charge in [-0.3, -0.25) is 4.90 Å². The Labute approximate surface area is 142 Å². The van der Waals surface area contributed by atoms with E-state index in [4.69, 9.17) is 9.47 Å². The highest BCUT2D eigenvalue weighted by Crippen LogP contribution is 2.17. The fourth-order valence-corrected chi connectivity index (χ4v) is 3.33. The topological polar surface area (TPSA) is 21.7 Å². The molecule has 0 amide bonds. The predicted octanol–water partition coefficient (Wildman–Crippen LogP) is 4.16. The molecule has 2 rings (SSSR count). The van der Waals surface area contributed by atoms with Crippen LogP contribution in [0.25, 0.3) is 0 Å². The standard InChI is InChI=1S/C20H33NO2/c1-18-8-7-12-21(17-18)13-15-23-20-11-6-10-19(16-20)9-4-3-5-14-22-2/h6,10-11,16,18H,3-5,7-9,12-15,17H2,1-2H3. The molecule has 0 spiro atoms. The van der Waals surface area contributed by atoms with E-state index in [1.54, 1.807) is 7.11 Å². The average Bonchev–Trinajstić information content (AvgIpc) is 2.55. The van der Waals surface area contributed by atoms with Gasteiger partial charge in [0.2, 0.25) is 0 Å². The van der Waals surface area contributed by atoms with E-state index in [1.165, 1.54) is 44.3 Å². The molecule has 1 saturated heterocycles. The summed E-state index contributed by atoms with van der Waals surface area (Å²) in [4.78, 5) is 2.54. The summed E-state index contributed by atoms with van der Waals surface area (Å²) in [5.74, 6) is 1.86. The molecule has 1 aromatic rings. The summed E-state index contributed by atoms with van der Waals surface area (Å²) in [6.45, 7) is 7.52. The third-order valence-corrected chi connectivity index (χ3v) is 4.63. The molecule has 0 radical (unpaired) electrons. The number of methoxy groups -OCH3 is 1. The predicted molar refractivity (Wildman–Crippen MR) is 96.2 cm³/mol. The Morgan fingerprint density at radius 3 is 2.91 bits per heavy atom. The second-order valence-electron chi connectivity index (χ2n) is 6.85. The van der Waals surface area contributed by atoms with Crippen molar-refractivity contribution in [3.8, 4) is 5.75 Å². The van der Waals surface area contributed by atoms with Crippen LogP contribution in [0, 0.1) is 5.92 Å². The largest absolute Gasteiger partial charge is 0.492 e. The van der Waals surface area contributed by atoms with Gasteiger partial charge in [-0.2, -0.15) is 0 Å². The Hall–Kier alpha value is -1.06. The molecule has 0 bridgehead atoms. The summed E-state index contributed by atoms with van der Waals surface area (Å²) < 4.78 is 11.1. The molecule has 1 aliphatic heterocycles. The maximum Gasteiger partial charge on any atom is 0.119 e. The summed E-state index contributed by atoms with van der Waals surface area (Å²) in [6.07, 6.45) is 7.44. The summed E-state index contributed by atoms with van der Waals surface area (Å²) in [7, 11) is 1.77. The Morgan fingerprint density at radius 1 is 1.17 bits per heavy atom. The van der Waals surface area contributed by atoms with Crippen LogP contribution in [0.2, 0.25) is 0 Å². The summed E-state index contributed by atoms with van der Waals surface area (Å²) in [5, 5.41) is 0. The van der Waals surface area contributed by atoms with Gasteiger partial charge < -0.3 is 9.47 Å². The fraction of sp³-hybridized carbons (Fsp3) is 0.700. The van der Waals surface area contributed by atoms with E-state index in [9.17, 15) is 0 Å². The van der Waals surface area contributed by atoms with Crippen LogP contribution in [0.3, 0.4) is 0 Å². The molecule has 1 aromatic carbocycles. The van der Waals surface area contributed by atoms with Gasteiger partial charge in [0.1, 0.15) is 12.4 Å². The molecule has 1 fully saturated rings. The molecule has 0 aliphatic carbocycles. The van der Waals surface area contributed by atoms with Crippen LogP contribution in [0.1, 0.15) is 44.6 Å². The van der Waals surface area contributed by atoms with Crippen LogP contribution in [0.4, 0.5) is 0 Å². The van der Waals surface area contributed by atoms with Crippen molar-refractivity contribution in [2.24, 2.45) is 5.92 Å². The zero-order valence-corrected chi connectivity index (χ0v) is 14.9. The second-order valence-corrected chi connectivity index (χ2v) is 6.85. The number of aryl methyl sites for hydroxylation is 1. The van der Waals surface area contributed by atoms with E-state index in [0.717, 1.165) is 44.3 Å². The molecule has 0 N–H and O–H groups in total. The van der Waals surface area contributed by atoms with E-state index in [1.807, 2.05) is 0 Å². The lowest BCUT2D eigenvalue weighted by atomic mass is 10.0. The number of ether oxygens (including phenoxy) is 2. The van der Waals surface area contributed by atoms with Gasteiger partial charge in [0, 0.05) is 26.8 Å². The molecule has 3 nitrogen and oxygen atoms in total. The lowest BCUT2D eigenvalue weighted by Gasteiger charge is -2.30. The number of benzene rings is 1. The van der Waals surface area contributed by atoms with Crippen molar-refractivity contribution in [1.82, 2.24) is 4.90 Å². The minimum absolute atomic E-state index is 0.796. The summed E-state index contributed by atoms with van der Waals surface area (Å²) in [6, 6.07) is 8.60. The lowest BCUT2D eigenvalue weighted by molar-refractivity contribution is 0.153. The van der Waals surface area contributed by atoms with Crippen LogP contribution in [-0.4, -0.2) is 44.9 Å². The molecule has 3 heteroatoms. The van der Waals surface area contributed by atoms with Crippen LogP contribution >= 0.6 is 0 Å². The highest BCUT2D eigenvalue weighted by Gasteiger charge is 2.15. The third kappa shape index (κ3) is 7.36. The maximum atomic E-state index is 5.97. The number of hydrogen-bond acceptors (Lipinski definition) is 3. The first-order chi connectivity index (χ1) is 11.3. The normalized spacial score (nSPS) is 19.0. The van der Waals surface area contributed by atoms with Crippen molar-refractivity contribution < 1.29 is 9.47 Å². The first-order valence-corrected chi connectivity index (χ1v) is 9.21. The molecule has 1 heterocycles. The molecule has 1 aliphatic rings. The van der Waals surface area contributed by atoms with Gasteiger partial charge in [0.15, 0.2) is 0 Å². The van der Waals surface area contributed by atoms with Gasteiger partial charge in [-0.15, -0.1) is 0 Å². The minimum atomic E-state index is 0.796. The van der Waals surface area contributed by atoms with E-state index in [-0.39, 0.29) is 0 Å². The molecule has 130 valence electrons. The van der Waals surface area contributed by atoms with Gasteiger partial charge in [-0.25, -0.2) is 0 Å². The van der Waals surface area contributed by atoms with Crippen molar-refractivity contribution in [3.63, 3.8) is 0 Å². The van der Waals surface area contributed by atoms with E-state index in [0.29, 0.717) is 0 Å². The van der Waals surface area contributed by atoms with Crippen molar-refractivity contribution >= 4 is 0 Å². The number of nitrogens with zero attached hydrogens (tertiary/aromatic N) is 1. The van der Waals surface area contributed by atoms with Crippen molar-refractivity contribution in [2.45, 2.75) is 45.4 Å². The van der Waals surface area contributed by atoms with Crippen molar-refractivity contribution in [3.05, 3.63) is 29.8 Å². The number of piperidine rings is 1. The Kier molecular flexibility index (Phi) is 8.48.